The molecule has 158 valence electrons. The molecular formula is C19H21BrN6O3S. The Morgan fingerprint density at radius 1 is 1.37 bits per heavy atom. The minimum absolute atomic E-state index is 0.256. The number of pyridine rings is 1. The van der Waals surface area contributed by atoms with Gasteiger partial charge in [0.25, 0.3) is 5.91 Å². The number of halogens is 1. The molecule has 0 unspecified atom stereocenters. The van der Waals surface area contributed by atoms with E-state index in [2.05, 4.69) is 41.5 Å². The van der Waals surface area contributed by atoms with E-state index in [9.17, 15) is 9.59 Å². The van der Waals surface area contributed by atoms with Gasteiger partial charge in [0, 0.05) is 6.04 Å². The SMILES string of the molecule is Cc1ncc(NC(=O)OC[C@@H]2CCCN2C)cc1NC(=O)c1cnn2cc(Br)sc12. The molecule has 0 aromatic carbocycles. The van der Waals surface area contributed by atoms with Gasteiger partial charge in [0.1, 0.15) is 11.4 Å². The summed E-state index contributed by atoms with van der Waals surface area (Å²) in [6, 6.07) is 1.92. The normalized spacial score (nSPS) is 16.7. The number of nitrogens with zero attached hydrogens (tertiary/aromatic N) is 4. The zero-order chi connectivity index (χ0) is 21.3. The van der Waals surface area contributed by atoms with E-state index in [0.29, 0.717) is 29.2 Å². The zero-order valence-electron chi connectivity index (χ0n) is 16.5. The Balaban J connectivity index is 1.41. The summed E-state index contributed by atoms with van der Waals surface area (Å²) >= 11 is 4.82. The number of rotatable bonds is 5. The molecule has 4 heterocycles. The molecule has 30 heavy (non-hydrogen) atoms. The molecule has 3 aromatic heterocycles. The summed E-state index contributed by atoms with van der Waals surface area (Å²) in [6.07, 6.45) is 6.44. The van der Waals surface area contributed by atoms with Crippen molar-refractivity contribution in [1.82, 2.24) is 19.5 Å². The fourth-order valence-electron chi connectivity index (χ4n) is 3.35. The van der Waals surface area contributed by atoms with E-state index in [1.807, 2.05) is 7.05 Å². The second-order valence-corrected chi connectivity index (χ2v) is 9.56. The maximum absolute atomic E-state index is 12.7. The third kappa shape index (κ3) is 4.47. The second-order valence-electron chi connectivity index (χ2n) is 7.15. The van der Waals surface area contributed by atoms with Gasteiger partial charge in [-0.1, -0.05) is 0 Å². The van der Waals surface area contributed by atoms with Gasteiger partial charge < -0.3 is 15.0 Å². The van der Waals surface area contributed by atoms with Crippen LogP contribution in [0.1, 0.15) is 28.9 Å². The van der Waals surface area contributed by atoms with Crippen LogP contribution in [-0.2, 0) is 4.74 Å². The molecule has 0 bridgehead atoms. The third-order valence-electron chi connectivity index (χ3n) is 5.07. The highest BCUT2D eigenvalue weighted by Crippen LogP contribution is 2.27. The minimum atomic E-state index is -0.542. The van der Waals surface area contributed by atoms with Crippen molar-refractivity contribution in [3.05, 3.63) is 39.7 Å². The number of hydrogen-bond donors (Lipinski definition) is 2. The van der Waals surface area contributed by atoms with E-state index in [0.717, 1.165) is 28.0 Å². The van der Waals surface area contributed by atoms with Crippen molar-refractivity contribution in [2.45, 2.75) is 25.8 Å². The van der Waals surface area contributed by atoms with Crippen molar-refractivity contribution in [1.29, 1.82) is 0 Å². The molecule has 3 aromatic rings. The van der Waals surface area contributed by atoms with Crippen LogP contribution in [0.2, 0.25) is 0 Å². The van der Waals surface area contributed by atoms with E-state index >= 15 is 0 Å². The number of likely N-dealkylation sites (N-methyl/N-ethyl adjacent to an activating group) is 1. The molecular weight excluding hydrogens is 472 g/mol. The number of aryl methyl sites for hydroxylation is 1. The molecule has 1 fully saturated rings. The number of thiazole rings is 1. The number of anilines is 2. The van der Waals surface area contributed by atoms with Gasteiger partial charge in [0.05, 0.1) is 45.0 Å². The summed E-state index contributed by atoms with van der Waals surface area (Å²) in [6.45, 7) is 3.15. The summed E-state index contributed by atoms with van der Waals surface area (Å²) < 4.78 is 7.86. The van der Waals surface area contributed by atoms with Crippen LogP contribution >= 0.6 is 27.3 Å². The predicted molar refractivity (Wildman–Crippen MR) is 118 cm³/mol. The number of aromatic nitrogens is 3. The average Bonchev–Trinajstić information content (AvgIpc) is 3.38. The Labute approximate surface area is 185 Å². The first-order chi connectivity index (χ1) is 14.4. The Hall–Kier alpha value is -2.50. The van der Waals surface area contributed by atoms with Crippen LogP contribution < -0.4 is 10.6 Å². The maximum Gasteiger partial charge on any atom is 0.411 e. The van der Waals surface area contributed by atoms with Gasteiger partial charge in [0.15, 0.2) is 0 Å². The van der Waals surface area contributed by atoms with Crippen molar-refractivity contribution in [2.75, 3.05) is 30.8 Å². The molecule has 4 rings (SSSR count). The third-order valence-corrected chi connectivity index (χ3v) is 6.66. The van der Waals surface area contributed by atoms with E-state index in [-0.39, 0.29) is 11.9 Å². The molecule has 1 aliphatic rings. The largest absolute Gasteiger partial charge is 0.448 e. The smallest absolute Gasteiger partial charge is 0.411 e. The van der Waals surface area contributed by atoms with Crippen molar-refractivity contribution in [3.63, 3.8) is 0 Å². The number of fused-ring (bicyclic) bond motifs is 1. The number of amides is 2. The van der Waals surface area contributed by atoms with Gasteiger partial charge in [0.2, 0.25) is 0 Å². The molecule has 2 amide bonds. The lowest BCUT2D eigenvalue weighted by atomic mass is 10.2. The molecule has 0 aliphatic carbocycles. The summed E-state index contributed by atoms with van der Waals surface area (Å²) in [5.41, 5.74) is 2.04. The van der Waals surface area contributed by atoms with Crippen molar-refractivity contribution < 1.29 is 14.3 Å². The monoisotopic (exact) mass is 492 g/mol. The highest BCUT2D eigenvalue weighted by atomic mass is 79.9. The summed E-state index contributed by atoms with van der Waals surface area (Å²) in [4.78, 5) is 32.1. The van der Waals surface area contributed by atoms with Gasteiger partial charge in [-0.05, 0) is 55.4 Å². The number of likely N-dealkylation sites (tertiary alicyclic amines) is 1. The Morgan fingerprint density at radius 3 is 2.97 bits per heavy atom. The minimum Gasteiger partial charge on any atom is -0.448 e. The van der Waals surface area contributed by atoms with Crippen LogP contribution in [0.3, 0.4) is 0 Å². The lowest BCUT2D eigenvalue weighted by Gasteiger charge is -2.19. The van der Waals surface area contributed by atoms with Crippen LogP contribution in [0.4, 0.5) is 16.2 Å². The summed E-state index contributed by atoms with van der Waals surface area (Å²) in [5, 5.41) is 9.71. The number of nitrogens with one attached hydrogen (secondary N) is 2. The highest BCUT2D eigenvalue weighted by Gasteiger charge is 2.22. The van der Waals surface area contributed by atoms with E-state index in [1.165, 1.54) is 23.7 Å². The first-order valence-corrected chi connectivity index (χ1v) is 11.1. The average molecular weight is 493 g/mol. The lowest BCUT2D eigenvalue weighted by Crippen LogP contribution is -2.31. The molecule has 0 saturated carbocycles. The highest BCUT2D eigenvalue weighted by molar-refractivity contribution is 9.11. The van der Waals surface area contributed by atoms with Gasteiger partial charge >= 0.3 is 6.09 Å². The fraction of sp³-hybridized carbons (Fsp3) is 0.368. The molecule has 9 nitrogen and oxygen atoms in total. The number of carbonyl (C=O) groups excluding carboxylic acids is 2. The van der Waals surface area contributed by atoms with Crippen LogP contribution in [0.15, 0.2) is 28.4 Å². The molecule has 1 saturated heterocycles. The van der Waals surface area contributed by atoms with Crippen LogP contribution in [0, 0.1) is 6.92 Å². The predicted octanol–water partition coefficient (Wildman–Crippen LogP) is 3.76. The standard InChI is InChI=1S/C19H21BrN6O3S/c1-11-15(24-17(27)14-8-22-26-9-16(20)30-18(14)26)6-12(7-21-11)23-19(28)29-10-13-4-3-5-25(13)2/h6-9,13H,3-5,10H2,1-2H3,(H,23,28)(H,24,27)/t13-/m0/s1. The van der Waals surface area contributed by atoms with Crippen molar-refractivity contribution in [2.24, 2.45) is 0 Å². The second kappa shape index (κ2) is 8.70. The quantitative estimate of drug-likeness (QED) is 0.562. The maximum atomic E-state index is 12.7. The van der Waals surface area contributed by atoms with Crippen LogP contribution in [-0.4, -0.2) is 57.7 Å². The molecule has 1 aliphatic heterocycles. The zero-order valence-corrected chi connectivity index (χ0v) is 18.9. The number of ether oxygens (including phenoxy) is 1. The molecule has 0 spiro atoms. The topological polar surface area (TPSA) is 101 Å². The fourth-order valence-corrected chi connectivity index (χ4v) is 4.79. The van der Waals surface area contributed by atoms with Crippen LogP contribution in [0.25, 0.3) is 4.83 Å². The molecule has 2 N–H and O–H groups in total. The van der Waals surface area contributed by atoms with E-state index in [4.69, 9.17) is 4.74 Å². The van der Waals surface area contributed by atoms with E-state index < -0.39 is 6.09 Å². The van der Waals surface area contributed by atoms with Gasteiger partial charge in [-0.25, -0.2) is 9.31 Å². The Bertz CT molecular complexity index is 1100. The summed E-state index contributed by atoms with van der Waals surface area (Å²) in [5.74, 6) is -0.298. The van der Waals surface area contributed by atoms with E-state index in [1.54, 1.807) is 23.7 Å². The first-order valence-electron chi connectivity index (χ1n) is 9.45. The summed E-state index contributed by atoms with van der Waals surface area (Å²) in [7, 11) is 2.03. The molecule has 1 atom stereocenters. The Kier molecular flexibility index (Phi) is 6.02. The number of hydrogen-bond acceptors (Lipinski definition) is 7. The van der Waals surface area contributed by atoms with Gasteiger partial charge in [-0.2, -0.15) is 5.10 Å². The molecule has 11 heteroatoms. The van der Waals surface area contributed by atoms with Crippen LogP contribution in [0.5, 0.6) is 0 Å². The van der Waals surface area contributed by atoms with Crippen molar-refractivity contribution in [3.8, 4) is 0 Å². The van der Waals surface area contributed by atoms with Crippen molar-refractivity contribution >= 4 is 55.5 Å². The first kappa shape index (κ1) is 20.8. The lowest BCUT2D eigenvalue weighted by molar-refractivity contribution is 0.102. The van der Waals surface area contributed by atoms with Gasteiger partial charge in [-0.3, -0.25) is 15.1 Å². The molecule has 0 radical (unpaired) electrons. The Morgan fingerprint density at radius 2 is 2.20 bits per heavy atom. The number of carbonyl (C=O) groups is 2. The van der Waals surface area contributed by atoms with Gasteiger partial charge in [-0.15, -0.1) is 11.3 Å².